The van der Waals surface area contributed by atoms with Crippen LogP contribution < -0.4 is 0 Å². The molecular formula is C16H16O5. The summed E-state index contributed by atoms with van der Waals surface area (Å²) in [4.78, 5) is 25.4. The number of benzene rings is 1. The van der Waals surface area contributed by atoms with Gasteiger partial charge in [-0.1, -0.05) is 0 Å². The van der Waals surface area contributed by atoms with Gasteiger partial charge in [0.1, 0.15) is 11.5 Å². The van der Waals surface area contributed by atoms with Crippen LogP contribution in [0, 0.1) is 6.92 Å². The molecule has 0 saturated heterocycles. The fourth-order valence-corrected chi connectivity index (χ4v) is 3.20. The fourth-order valence-electron chi connectivity index (χ4n) is 3.20. The van der Waals surface area contributed by atoms with Crippen molar-refractivity contribution in [1.29, 1.82) is 0 Å². The molecular weight excluding hydrogens is 272 g/mol. The van der Waals surface area contributed by atoms with Crippen LogP contribution in [0.2, 0.25) is 0 Å². The summed E-state index contributed by atoms with van der Waals surface area (Å²) in [5.74, 6) is -1.25. The highest BCUT2D eigenvalue weighted by atomic mass is 16.5. The normalized spacial score (nSPS) is 24.9. The topological polar surface area (TPSA) is 83.8 Å². The van der Waals surface area contributed by atoms with E-state index in [2.05, 4.69) is 0 Å². The van der Waals surface area contributed by atoms with Gasteiger partial charge in [-0.2, -0.15) is 0 Å². The smallest absolute Gasteiger partial charge is 0.196 e. The summed E-state index contributed by atoms with van der Waals surface area (Å²) in [6.07, 6.45) is -0.273. The van der Waals surface area contributed by atoms with Gasteiger partial charge in [0.25, 0.3) is 0 Å². The summed E-state index contributed by atoms with van der Waals surface area (Å²) < 4.78 is 5.62. The van der Waals surface area contributed by atoms with Crippen molar-refractivity contribution in [3.63, 3.8) is 0 Å². The Morgan fingerprint density at radius 2 is 1.76 bits per heavy atom. The van der Waals surface area contributed by atoms with E-state index in [9.17, 15) is 19.8 Å². The van der Waals surface area contributed by atoms with Crippen molar-refractivity contribution in [2.24, 2.45) is 0 Å². The van der Waals surface area contributed by atoms with Gasteiger partial charge in [0, 0.05) is 34.8 Å². The number of aromatic hydroxyl groups is 2. The maximum Gasteiger partial charge on any atom is 0.196 e. The van der Waals surface area contributed by atoms with Crippen molar-refractivity contribution in [3.05, 3.63) is 33.9 Å². The van der Waals surface area contributed by atoms with Gasteiger partial charge in [0.05, 0.1) is 17.8 Å². The number of hydrogen-bond acceptors (Lipinski definition) is 5. The molecule has 5 heteroatoms. The lowest BCUT2D eigenvalue weighted by Gasteiger charge is -2.33. The second-order valence-corrected chi connectivity index (χ2v) is 5.63. The Hall–Kier alpha value is -2.14. The Bertz CT molecular complexity index is 714. The number of carbonyl (C=O) groups is 2. The third kappa shape index (κ3) is 1.81. The minimum atomic E-state index is -0.484. The zero-order valence-electron chi connectivity index (χ0n) is 12.1. The molecule has 110 valence electrons. The van der Waals surface area contributed by atoms with Crippen molar-refractivity contribution >= 4 is 11.6 Å². The summed E-state index contributed by atoms with van der Waals surface area (Å²) in [6.45, 7) is 5.14. The minimum Gasteiger partial charge on any atom is -0.508 e. The van der Waals surface area contributed by atoms with Crippen molar-refractivity contribution in [2.75, 3.05) is 0 Å². The molecule has 1 unspecified atom stereocenters. The lowest BCUT2D eigenvalue weighted by atomic mass is 9.77. The van der Waals surface area contributed by atoms with Gasteiger partial charge in [-0.05, 0) is 20.8 Å². The van der Waals surface area contributed by atoms with E-state index in [4.69, 9.17) is 4.74 Å². The number of fused-ring (bicyclic) bond motifs is 1. The molecule has 2 N–H and O–H groups in total. The van der Waals surface area contributed by atoms with E-state index < -0.39 is 6.10 Å². The highest BCUT2D eigenvalue weighted by molar-refractivity contribution is 6.29. The standard InChI is InChI=1S/C16H16O5/c1-6-4-9-13(8(3)21-6)16(20)14-11(18)5-10(17)7(2)12(14)15(9)19/h5-6,8,17-18H,4H2,1-3H3/t6?,8-/m1/s1. The predicted octanol–water partition coefficient (Wildman–Crippen LogP) is 2.28. The van der Waals surface area contributed by atoms with E-state index >= 15 is 0 Å². The third-order valence-electron chi connectivity index (χ3n) is 4.17. The molecule has 2 aliphatic rings. The molecule has 2 atom stereocenters. The van der Waals surface area contributed by atoms with E-state index in [1.54, 1.807) is 13.8 Å². The molecule has 0 amide bonds. The Morgan fingerprint density at radius 3 is 2.43 bits per heavy atom. The van der Waals surface area contributed by atoms with Gasteiger partial charge in [0.15, 0.2) is 11.6 Å². The largest absolute Gasteiger partial charge is 0.508 e. The summed E-state index contributed by atoms with van der Waals surface area (Å²) in [5, 5.41) is 19.8. The van der Waals surface area contributed by atoms with Gasteiger partial charge in [-0.3, -0.25) is 9.59 Å². The van der Waals surface area contributed by atoms with Crippen LogP contribution in [-0.4, -0.2) is 34.0 Å². The Kier molecular flexibility index (Phi) is 2.92. The molecule has 0 saturated carbocycles. The molecule has 0 bridgehead atoms. The summed E-state index contributed by atoms with van der Waals surface area (Å²) >= 11 is 0. The predicted molar refractivity (Wildman–Crippen MR) is 74.8 cm³/mol. The monoisotopic (exact) mass is 288 g/mol. The molecule has 1 aromatic rings. The first-order valence-electron chi connectivity index (χ1n) is 6.86. The molecule has 0 radical (unpaired) electrons. The van der Waals surface area contributed by atoms with Crippen LogP contribution in [-0.2, 0) is 4.74 Å². The van der Waals surface area contributed by atoms with Crippen molar-refractivity contribution < 1.29 is 24.5 Å². The summed E-state index contributed by atoms with van der Waals surface area (Å²) in [6, 6.07) is 1.10. The van der Waals surface area contributed by atoms with Gasteiger partial charge in [-0.25, -0.2) is 0 Å². The van der Waals surface area contributed by atoms with Crippen LogP contribution in [0.1, 0.15) is 46.5 Å². The van der Waals surface area contributed by atoms with E-state index in [-0.39, 0.29) is 40.3 Å². The Balaban J connectivity index is 2.31. The van der Waals surface area contributed by atoms with Crippen molar-refractivity contribution in [1.82, 2.24) is 0 Å². The van der Waals surface area contributed by atoms with Crippen LogP contribution in [0.3, 0.4) is 0 Å². The van der Waals surface area contributed by atoms with Crippen LogP contribution in [0.25, 0.3) is 0 Å². The van der Waals surface area contributed by atoms with Crippen LogP contribution >= 0.6 is 0 Å². The molecule has 1 aromatic carbocycles. The van der Waals surface area contributed by atoms with Gasteiger partial charge >= 0.3 is 0 Å². The molecule has 0 fully saturated rings. The number of ketones is 2. The number of phenols is 2. The molecule has 5 nitrogen and oxygen atoms in total. The van der Waals surface area contributed by atoms with E-state index in [0.29, 0.717) is 23.1 Å². The Morgan fingerprint density at radius 1 is 1.10 bits per heavy atom. The molecule has 1 aliphatic heterocycles. The second-order valence-electron chi connectivity index (χ2n) is 5.63. The summed E-state index contributed by atoms with van der Waals surface area (Å²) in [5.41, 5.74) is 1.16. The van der Waals surface area contributed by atoms with Crippen LogP contribution in [0.15, 0.2) is 17.2 Å². The maximum absolute atomic E-state index is 12.7. The molecule has 1 heterocycles. The summed E-state index contributed by atoms with van der Waals surface area (Å²) in [7, 11) is 0. The first-order chi connectivity index (χ1) is 9.82. The van der Waals surface area contributed by atoms with Crippen LogP contribution in [0.5, 0.6) is 11.5 Å². The number of ether oxygens (including phenoxy) is 1. The highest BCUT2D eigenvalue weighted by Crippen LogP contribution is 2.42. The van der Waals surface area contributed by atoms with Gasteiger partial charge in [-0.15, -0.1) is 0 Å². The number of rotatable bonds is 0. The van der Waals surface area contributed by atoms with Crippen molar-refractivity contribution in [3.8, 4) is 11.5 Å². The Labute approximate surface area is 121 Å². The van der Waals surface area contributed by atoms with Crippen LogP contribution in [0.4, 0.5) is 0 Å². The maximum atomic E-state index is 12.7. The van der Waals surface area contributed by atoms with E-state index in [1.165, 1.54) is 0 Å². The van der Waals surface area contributed by atoms with E-state index in [0.717, 1.165) is 6.07 Å². The zero-order chi connectivity index (χ0) is 15.5. The number of phenolic OH excluding ortho intramolecular Hbond substituents is 2. The number of hydrogen-bond donors (Lipinski definition) is 2. The second kappa shape index (κ2) is 4.43. The SMILES string of the molecule is Cc1c(O)cc(O)c2c1C(=O)C1=C(C2=O)[C@@H](C)OC(C)C1. The third-order valence-corrected chi connectivity index (χ3v) is 4.17. The zero-order valence-corrected chi connectivity index (χ0v) is 12.1. The van der Waals surface area contributed by atoms with Crippen molar-refractivity contribution in [2.45, 2.75) is 39.4 Å². The lowest BCUT2D eigenvalue weighted by molar-refractivity contribution is 0.0148. The minimum absolute atomic E-state index is 0.0287. The van der Waals surface area contributed by atoms with Gasteiger partial charge in [0.2, 0.25) is 0 Å². The fraction of sp³-hybridized carbons (Fsp3) is 0.375. The average molecular weight is 288 g/mol. The molecule has 21 heavy (non-hydrogen) atoms. The first kappa shape index (κ1) is 13.8. The highest BCUT2D eigenvalue weighted by Gasteiger charge is 2.41. The van der Waals surface area contributed by atoms with Gasteiger partial charge < -0.3 is 14.9 Å². The quantitative estimate of drug-likeness (QED) is 0.765. The molecule has 3 rings (SSSR count). The lowest BCUT2D eigenvalue weighted by Crippen LogP contribution is -2.36. The average Bonchev–Trinajstić information content (AvgIpc) is 2.39. The number of carbonyl (C=O) groups excluding carboxylic acids is 2. The number of Topliss-reactive ketones (excluding diaryl/α,β-unsaturated/α-hetero) is 2. The molecule has 0 spiro atoms. The van der Waals surface area contributed by atoms with E-state index in [1.807, 2.05) is 6.92 Å². The molecule has 1 aliphatic carbocycles. The first-order valence-corrected chi connectivity index (χ1v) is 6.86. The molecule has 0 aromatic heterocycles.